The van der Waals surface area contributed by atoms with Crippen molar-refractivity contribution in [3.8, 4) is 11.1 Å². The molecule has 41 heavy (non-hydrogen) atoms. The fourth-order valence-electron chi connectivity index (χ4n) is 6.35. The number of rotatable bonds is 6. The molecule has 0 N–H and O–H groups in total. The number of anilines is 1. The zero-order chi connectivity index (χ0) is 29.0. The molecule has 0 amide bonds. The van der Waals surface area contributed by atoms with Gasteiger partial charge < -0.3 is 9.80 Å². The van der Waals surface area contributed by atoms with Crippen LogP contribution in [0.15, 0.2) is 67.0 Å². The first-order valence-corrected chi connectivity index (χ1v) is 15.2. The number of hydrogen-bond donors (Lipinski definition) is 0. The number of nitrogens with zero attached hydrogens (tertiary/aromatic N) is 2. The van der Waals surface area contributed by atoms with Gasteiger partial charge in [-0.25, -0.2) is 0 Å². The summed E-state index contributed by atoms with van der Waals surface area (Å²) in [6.07, 6.45) is 5.58. The van der Waals surface area contributed by atoms with Crippen LogP contribution in [0.4, 0.5) is 5.69 Å². The van der Waals surface area contributed by atoms with Crippen molar-refractivity contribution in [3.63, 3.8) is 0 Å². The average molecular weight is 573 g/mol. The second-order valence-corrected chi connectivity index (χ2v) is 14.6. The Morgan fingerprint density at radius 2 is 1.20 bits per heavy atom. The molecule has 2 nitrogen and oxygen atoms in total. The molecule has 3 aromatic rings. The third-order valence-electron chi connectivity index (χ3n) is 8.85. The van der Waals surface area contributed by atoms with Crippen molar-refractivity contribution in [2.75, 3.05) is 11.4 Å². The molecule has 3 heteroatoms. The molecule has 0 saturated carbocycles. The van der Waals surface area contributed by atoms with Gasteiger partial charge in [0, 0.05) is 11.6 Å². The maximum absolute atomic E-state index is 2.47. The summed E-state index contributed by atoms with van der Waals surface area (Å²) in [6, 6.07) is 21.3. The van der Waals surface area contributed by atoms with Crippen LogP contribution in [-0.2, 0) is 10.8 Å². The van der Waals surface area contributed by atoms with Crippen LogP contribution >= 0.6 is 0 Å². The van der Waals surface area contributed by atoms with Gasteiger partial charge in [-0.3, -0.25) is 0 Å². The first-order chi connectivity index (χ1) is 18.8. The normalized spacial score (nSPS) is 15.1. The van der Waals surface area contributed by atoms with Gasteiger partial charge in [-0.1, -0.05) is 124 Å². The zero-order valence-electron chi connectivity index (χ0n) is 27.5. The SMILES string of the molecule is CC(C)c1cccc(C(C)C)c1N1C=CN(CCC2c3ccc(C(C)(C)C)cc3-c3cc(C(C)(C)C)ccc32)[CH-]1.[K+]. The van der Waals surface area contributed by atoms with Gasteiger partial charge >= 0.3 is 51.4 Å². The molecule has 0 unspecified atom stereocenters. The molecule has 0 aromatic heterocycles. The molecule has 0 radical (unpaired) electrons. The van der Waals surface area contributed by atoms with Gasteiger partial charge in [0.15, 0.2) is 0 Å². The van der Waals surface area contributed by atoms with Gasteiger partial charge in [0.1, 0.15) is 0 Å². The Hall–Kier alpha value is -1.36. The van der Waals surface area contributed by atoms with E-state index in [0.717, 1.165) is 13.0 Å². The topological polar surface area (TPSA) is 6.48 Å². The predicted molar refractivity (Wildman–Crippen MR) is 173 cm³/mol. The Morgan fingerprint density at radius 3 is 1.63 bits per heavy atom. The largest absolute Gasteiger partial charge is 1.00 e. The van der Waals surface area contributed by atoms with E-state index in [2.05, 4.69) is 153 Å². The third-order valence-corrected chi connectivity index (χ3v) is 8.85. The van der Waals surface area contributed by atoms with Crippen LogP contribution in [0.2, 0.25) is 0 Å². The van der Waals surface area contributed by atoms with E-state index in [1.54, 1.807) is 0 Å². The molecule has 1 aliphatic heterocycles. The fraction of sp³-hybridized carbons (Fsp3) is 0.447. The van der Waals surface area contributed by atoms with Gasteiger partial charge in [0.05, 0.1) is 0 Å². The molecule has 212 valence electrons. The van der Waals surface area contributed by atoms with Crippen LogP contribution in [0.1, 0.15) is 127 Å². The Labute approximate surface area is 293 Å². The van der Waals surface area contributed by atoms with Gasteiger partial charge in [0.2, 0.25) is 0 Å². The molecule has 1 aliphatic carbocycles. The van der Waals surface area contributed by atoms with Crippen molar-refractivity contribution in [3.05, 3.63) is 107 Å². The number of fused-ring (bicyclic) bond motifs is 3. The van der Waals surface area contributed by atoms with E-state index in [4.69, 9.17) is 0 Å². The van der Waals surface area contributed by atoms with Gasteiger partial charge in [-0.15, -0.1) is 0 Å². The van der Waals surface area contributed by atoms with Crippen LogP contribution in [0.3, 0.4) is 0 Å². The minimum Gasteiger partial charge on any atom is -0.508 e. The van der Waals surface area contributed by atoms with Crippen molar-refractivity contribution < 1.29 is 51.4 Å². The van der Waals surface area contributed by atoms with Crippen molar-refractivity contribution >= 4 is 5.69 Å². The summed E-state index contributed by atoms with van der Waals surface area (Å²) >= 11 is 0. The molecule has 5 rings (SSSR count). The summed E-state index contributed by atoms with van der Waals surface area (Å²) in [5, 5.41) is 0. The van der Waals surface area contributed by atoms with Gasteiger partial charge in [-0.2, -0.15) is 6.67 Å². The molecule has 0 fully saturated rings. The van der Waals surface area contributed by atoms with Crippen molar-refractivity contribution in [1.29, 1.82) is 0 Å². The Kier molecular flexibility index (Phi) is 9.78. The van der Waals surface area contributed by atoms with E-state index < -0.39 is 0 Å². The Balaban J connectivity index is 0.00000387. The van der Waals surface area contributed by atoms with Crippen molar-refractivity contribution in [2.24, 2.45) is 0 Å². The van der Waals surface area contributed by atoms with E-state index in [1.165, 1.54) is 50.2 Å². The monoisotopic (exact) mass is 572 g/mol. The summed E-state index contributed by atoms with van der Waals surface area (Å²) in [5.74, 6) is 1.37. The van der Waals surface area contributed by atoms with Crippen LogP contribution < -0.4 is 56.3 Å². The average Bonchev–Trinajstić information content (AvgIpc) is 3.47. The minimum atomic E-state index is 0. The van der Waals surface area contributed by atoms with Gasteiger partial charge in [-0.05, 0) is 92.5 Å². The minimum absolute atomic E-state index is 0. The molecule has 3 aromatic carbocycles. The third kappa shape index (κ3) is 6.60. The molecular weight excluding hydrogens is 524 g/mol. The Bertz CT molecular complexity index is 1330. The Morgan fingerprint density at radius 1 is 0.707 bits per heavy atom. The standard InChI is InChI=1S/C38H49N2.K/c1-25(2)29-12-11-13-30(26(3)4)36(29)40-21-20-39(24-40)19-18-33-31-16-14-27(37(5,6)7)22-34(31)35-23-28(38(8,9)10)15-17-32(33)35;/h11-17,20-26,33H,18-19H2,1-10H3;/q-1;+1. The zero-order valence-corrected chi connectivity index (χ0v) is 30.6. The summed E-state index contributed by atoms with van der Waals surface area (Å²) in [5.41, 5.74) is 13.1. The number of benzene rings is 3. The maximum Gasteiger partial charge on any atom is 1.00 e. The first kappa shape index (κ1) is 32.5. The van der Waals surface area contributed by atoms with E-state index in [0.29, 0.717) is 17.8 Å². The predicted octanol–water partition coefficient (Wildman–Crippen LogP) is 7.45. The molecule has 1 heterocycles. The van der Waals surface area contributed by atoms with E-state index >= 15 is 0 Å². The molecule has 0 atom stereocenters. The second-order valence-electron chi connectivity index (χ2n) is 14.6. The van der Waals surface area contributed by atoms with E-state index in [9.17, 15) is 0 Å². The summed E-state index contributed by atoms with van der Waals surface area (Å²) < 4.78 is 0. The summed E-state index contributed by atoms with van der Waals surface area (Å²) in [4.78, 5) is 4.73. The van der Waals surface area contributed by atoms with Gasteiger partial charge in [0.25, 0.3) is 0 Å². The fourth-order valence-corrected chi connectivity index (χ4v) is 6.35. The van der Waals surface area contributed by atoms with Crippen molar-refractivity contribution in [1.82, 2.24) is 4.90 Å². The molecule has 0 bridgehead atoms. The summed E-state index contributed by atoms with van der Waals surface area (Å²) in [6.45, 7) is 26.4. The quantitative estimate of drug-likeness (QED) is 0.224. The van der Waals surface area contributed by atoms with Crippen LogP contribution in [-0.4, -0.2) is 11.4 Å². The number of hydrogen-bond acceptors (Lipinski definition) is 2. The van der Waals surface area contributed by atoms with Crippen LogP contribution in [0.25, 0.3) is 11.1 Å². The maximum atomic E-state index is 2.47. The van der Waals surface area contributed by atoms with E-state index in [-0.39, 0.29) is 62.2 Å². The summed E-state index contributed by atoms with van der Waals surface area (Å²) in [7, 11) is 0. The van der Waals surface area contributed by atoms with E-state index in [1.807, 2.05) is 0 Å². The van der Waals surface area contributed by atoms with Crippen molar-refractivity contribution in [2.45, 2.75) is 104 Å². The molecule has 0 spiro atoms. The first-order valence-electron chi connectivity index (χ1n) is 15.2. The molecule has 2 aliphatic rings. The van der Waals surface area contributed by atoms with Crippen LogP contribution in [0.5, 0.6) is 0 Å². The molecule has 0 saturated heterocycles. The smallest absolute Gasteiger partial charge is 0.508 e. The van der Waals surface area contributed by atoms with Crippen LogP contribution in [0, 0.1) is 6.67 Å². The molecular formula is C38H49KN2. The second kappa shape index (κ2) is 12.3. The number of para-hydroxylation sites is 1.